The number of aromatic nitrogens is 3. The van der Waals surface area contributed by atoms with Crippen molar-refractivity contribution >= 4 is 17.6 Å². The molecular formula is C16H18F4N6. The lowest BCUT2D eigenvalue weighted by Crippen LogP contribution is -2.42. The van der Waals surface area contributed by atoms with Gasteiger partial charge < -0.3 is 15.5 Å². The standard InChI is InChI=1S/C16H18F4N6/c1-21-14-12(17)8-23-15(25-14)24-11-3-2-6-26(9-11)13-5-4-10(7-22-13)16(18,19)20/h4-5,7-8,11H,2-3,6,9H2,1H3,(H2,21,23,24,25)/t11-/m0/s1. The highest BCUT2D eigenvalue weighted by Crippen LogP contribution is 2.30. The molecular weight excluding hydrogens is 352 g/mol. The van der Waals surface area contributed by atoms with Gasteiger partial charge in [-0.1, -0.05) is 0 Å². The van der Waals surface area contributed by atoms with Crippen molar-refractivity contribution in [2.75, 3.05) is 35.7 Å². The van der Waals surface area contributed by atoms with Gasteiger partial charge in [0.05, 0.1) is 11.8 Å². The number of hydrogen-bond donors (Lipinski definition) is 2. The molecule has 6 nitrogen and oxygen atoms in total. The van der Waals surface area contributed by atoms with E-state index in [1.54, 1.807) is 7.05 Å². The fourth-order valence-electron chi connectivity index (χ4n) is 2.84. The number of rotatable bonds is 4. The zero-order valence-corrected chi connectivity index (χ0v) is 14.0. The maximum atomic E-state index is 13.4. The average Bonchev–Trinajstić information content (AvgIpc) is 2.63. The van der Waals surface area contributed by atoms with E-state index in [2.05, 4.69) is 25.6 Å². The topological polar surface area (TPSA) is 66.0 Å². The Labute approximate surface area is 147 Å². The van der Waals surface area contributed by atoms with Crippen molar-refractivity contribution in [2.24, 2.45) is 0 Å². The number of piperidine rings is 1. The Morgan fingerprint density at radius 2 is 2.00 bits per heavy atom. The van der Waals surface area contributed by atoms with Crippen LogP contribution in [0.15, 0.2) is 24.5 Å². The first-order chi connectivity index (χ1) is 12.4. The van der Waals surface area contributed by atoms with Crippen LogP contribution in [-0.4, -0.2) is 41.1 Å². The minimum Gasteiger partial charge on any atom is -0.371 e. The summed E-state index contributed by atoms with van der Waals surface area (Å²) in [5.41, 5.74) is -0.771. The lowest BCUT2D eigenvalue weighted by Gasteiger charge is -2.34. The molecule has 1 aliphatic heterocycles. The van der Waals surface area contributed by atoms with E-state index in [0.717, 1.165) is 31.3 Å². The summed E-state index contributed by atoms with van der Waals surface area (Å²) >= 11 is 0. The zero-order chi connectivity index (χ0) is 18.7. The molecule has 0 saturated carbocycles. The highest BCUT2D eigenvalue weighted by atomic mass is 19.4. The van der Waals surface area contributed by atoms with Crippen molar-refractivity contribution < 1.29 is 17.6 Å². The number of halogens is 4. The molecule has 140 valence electrons. The first-order valence-electron chi connectivity index (χ1n) is 8.12. The molecule has 26 heavy (non-hydrogen) atoms. The van der Waals surface area contributed by atoms with E-state index < -0.39 is 17.6 Å². The van der Waals surface area contributed by atoms with E-state index >= 15 is 0 Å². The Morgan fingerprint density at radius 3 is 2.65 bits per heavy atom. The predicted octanol–water partition coefficient (Wildman–Crippen LogP) is 3.15. The summed E-state index contributed by atoms with van der Waals surface area (Å²) in [6.07, 6.45) is -0.802. The molecule has 10 heteroatoms. The summed E-state index contributed by atoms with van der Waals surface area (Å²) in [4.78, 5) is 13.8. The van der Waals surface area contributed by atoms with Crippen molar-refractivity contribution in [2.45, 2.75) is 25.1 Å². The van der Waals surface area contributed by atoms with Crippen LogP contribution in [0.2, 0.25) is 0 Å². The molecule has 0 spiro atoms. The number of pyridine rings is 1. The Hall–Kier alpha value is -2.65. The summed E-state index contributed by atoms with van der Waals surface area (Å²) in [6.45, 7) is 1.23. The molecule has 0 aromatic carbocycles. The van der Waals surface area contributed by atoms with Crippen LogP contribution in [0.3, 0.4) is 0 Å². The molecule has 1 saturated heterocycles. The Kier molecular flexibility index (Phi) is 5.10. The third kappa shape index (κ3) is 4.12. The Morgan fingerprint density at radius 1 is 1.19 bits per heavy atom. The van der Waals surface area contributed by atoms with Gasteiger partial charge in [0.25, 0.3) is 0 Å². The number of anilines is 3. The summed E-state index contributed by atoms with van der Waals surface area (Å²) < 4.78 is 51.4. The molecule has 2 aromatic rings. The van der Waals surface area contributed by atoms with Crippen LogP contribution in [0.1, 0.15) is 18.4 Å². The molecule has 0 bridgehead atoms. The number of alkyl halides is 3. The molecule has 1 atom stereocenters. The van der Waals surface area contributed by atoms with Gasteiger partial charge in [-0.2, -0.15) is 18.2 Å². The third-order valence-corrected chi connectivity index (χ3v) is 4.13. The van der Waals surface area contributed by atoms with Crippen molar-refractivity contribution in [3.63, 3.8) is 0 Å². The van der Waals surface area contributed by atoms with Gasteiger partial charge in [-0.25, -0.2) is 14.4 Å². The smallest absolute Gasteiger partial charge is 0.371 e. The van der Waals surface area contributed by atoms with E-state index in [1.165, 1.54) is 6.07 Å². The molecule has 3 rings (SSSR count). The molecule has 0 aliphatic carbocycles. The van der Waals surface area contributed by atoms with E-state index in [4.69, 9.17) is 0 Å². The monoisotopic (exact) mass is 370 g/mol. The van der Waals surface area contributed by atoms with Crippen LogP contribution >= 0.6 is 0 Å². The molecule has 1 aliphatic rings. The minimum absolute atomic E-state index is 0.0250. The van der Waals surface area contributed by atoms with Crippen molar-refractivity contribution in [3.8, 4) is 0 Å². The van der Waals surface area contributed by atoms with Gasteiger partial charge in [-0.3, -0.25) is 0 Å². The summed E-state index contributed by atoms with van der Waals surface area (Å²) in [5.74, 6) is 0.334. The van der Waals surface area contributed by atoms with Crippen molar-refractivity contribution in [1.29, 1.82) is 0 Å². The van der Waals surface area contributed by atoms with Gasteiger partial charge in [-0.05, 0) is 25.0 Å². The summed E-state index contributed by atoms with van der Waals surface area (Å²) in [6, 6.07) is 2.38. The molecule has 3 heterocycles. The van der Waals surface area contributed by atoms with Crippen LogP contribution in [0.25, 0.3) is 0 Å². The lowest BCUT2D eigenvalue weighted by atomic mass is 10.1. The molecule has 0 unspecified atom stereocenters. The van der Waals surface area contributed by atoms with Crippen LogP contribution in [0.4, 0.5) is 35.1 Å². The third-order valence-electron chi connectivity index (χ3n) is 4.13. The molecule has 0 radical (unpaired) electrons. The SMILES string of the molecule is CNc1nc(N[C@H]2CCCN(c3ccc(C(F)(F)F)cn3)C2)ncc1F. The first kappa shape index (κ1) is 18.2. The largest absolute Gasteiger partial charge is 0.417 e. The van der Waals surface area contributed by atoms with Crippen LogP contribution in [0.5, 0.6) is 0 Å². The first-order valence-corrected chi connectivity index (χ1v) is 8.12. The quantitative estimate of drug-likeness (QED) is 0.806. The predicted molar refractivity (Wildman–Crippen MR) is 89.6 cm³/mol. The van der Waals surface area contributed by atoms with Gasteiger partial charge in [0.15, 0.2) is 11.6 Å². The average molecular weight is 370 g/mol. The normalized spacial score (nSPS) is 17.9. The second-order valence-corrected chi connectivity index (χ2v) is 5.97. The van der Waals surface area contributed by atoms with Crippen LogP contribution in [-0.2, 0) is 6.18 Å². The van der Waals surface area contributed by atoms with Crippen LogP contribution in [0, 0.1) is 5.82 Å². The maximum absolute atomic E-state index is 13.4. The van der Waals surface area contributed by atoms with Gasteiger partial charge in [0.2, 0.25) is 5.95 Å². The highest BCUT2D eigenvalue weighted by Gasteiger charge is 2.31. The van der Waals surface area contributed by atoms with Gasteiger partial charge in [0.1, 0.15) is 5.82 Å². The molecule has 1 fully saturated rings. The fraction of sp³-hybridized carbons (Fsp3) is 0.438. The van der Waals surface area contributed by atoms with Crippen molar-refractivity contribution in [1.82, 2.24) is 15.0 Å². The Bertz CT molecular complexity index is 749. The highest BCUT2D eigenvalue weighted by molar-refractivity contribution is 5.43. The fourth-order valence-corrected chi connectivity index (χ4v) is 2.84. The molecule has 0 amide bonds. The van der Waals surface area contributed by atoms with Crippen LogP contribution < -0.4 is 15.5 Å². The number of nitrogens with one attached hydrogen (secondary N) is 2. The maximum Gasteiger partial charge on any atom is 0.417 e. The summed E-state index contributed by atoms with van der Waals surface area (Å²) in [5, 5.41) is 5.79. The number of hydrogen-bond acceptors (Lipinski definition) is 6. The zero-order valence-electron chi connectivity index (χ0n) is 14.0. The number of nitrogens with zero attached hydrogens (tertiary/aromatic N) is 4. The van der Waals surface area contributed by atoms with Gasteiger partial charge in [0, 0.05) is 32.4 Å². The molecule has 2 N–H and O–H groups in total. The Balaban J connectivity index is 1.67. The second-order valence-electron chi connectivity index (χ2n) is 5.97. The van der Waals surface area contributed by atoms with E-state index in [1.807, 2.05) is 4.90 Å². The lowest BCUT2D eigenvalue weighted by molar-refractivity contribution is -0.137. The molecule has 2 aromatic heterocycles. The van der Waals surface area contributed by atoms with E-state index in [-0.39, 0.29) is 11.9 Å². The van der Waals surface area contributed by atoms with Gasteiger partial charge >= 0.3 is 6.18 Å². The van der Waals surface area contributed by atoms with Crippen molar-refractivity contribution in [3.05, 3.63) is 35.9 Å². The minimum atomic E-state index is -4.40. The van der Waals surface area contributed by atoms with E-state index in [0.29, 0.717) is 24.9 Å². The summed E-state index contributed by atoms with van der Waals surface area (Å²) in [7, 11) is 1.56. The second kappa shape index (κ2) is 7.30. The van der Waals surface area contributed by atoms with E-state index in [9.17, 15) is 17.6 Å². The van der Waals surface area contributed by atoms with Gasteiger partial charge in [-0.15, -0.1) is 0 Å².